The first-order chi connectivity index (χ1) is 27.6. The molecular weight excluding hydrogens is 681 g/mol. The van der Waals surface area contributed by atoms with Gasteiger partial charge in [0, 0.05) is 38.0 Å². The maximum atomic E-state index is 9.38. The van der Waals surface area contributed by atoms with E-state index >= 15 is 0 Å². The number of rotatable bonds is 3. The van der Waals surface area contributed by atoms with Gasteiger partial charge in [0.1, 0.15) is 0 Å². The Bertz CT molecular complexity index is 3690. The van der Waals surface area contributed by atoms with Crippen molar-refractivity contribution in [2.75, 3.05) is 0 Å². The van der Waals surface area contributed by atoms with E-state index in [2.05, 4.69) is 142 Å². The van der Waals surface area contributed by atoms with Crippen molar-refractivity contribution in [3.63, 3.8) is 0 Å². The molecule has 0 aliphatic rings. The third-order valence-corrected chi connectivity index (χ3v) is 11.8. The molecule has 0 radical (unpaired) electrons. The lowest BCUT2D eigenvalue weighted by molar-refractivity contribution is 1.18. The minimum Gasteiger partial charge on any atom is -0.309 e. The van der Waals surface area contributed by atoms with E-state index in [4.69, 9.17) is 0 Å². The Labute approximate surface area is 320 Å². The maximum absolute atomic E-state index is 9.38. The first-order valence-corrected chi connectivity index (χ1v) is 18.8. The van der Waals surface area contributed by atoms with Crippen LogP contribution in [-0.2, 0) is 0 Å². The molecule has 9 aromatic carbocycles. The predicted molar refractivity (Wildman–Crippen MR) is 231 cm³/mol. The van der Waals surface area contributed by atoms with Crippen molar-refractivity contribution in [3.05, 3.63) is 181 Å². The molecule has 0 spiro atoms. The van der Waals surface area contributed by atoms with Gasteiger partial charge in [0.05, 0.1) is 50.8 Å². The quantitative estimate of drug-likeness (QED) is 0.183. The average molecular weight is 709 g/mol. The number of nitriles is 2. The molecule has 0 amide bonds. The molecular formula is C52H28N4. The predicted octanol–water partition coefficient (Wildman–Crippen LogP) is 13.3. The van der Waals surface area contributed by atoms with Crippen molar-refractivity contribution >= 4 is 81.4 Å². The molecule has 4 nitrogen and oxygen atoms in total. The van der Waals surface area contributed by atoms with E-state index in [0.29, 0.717) is 11.1 Å². The third kappa shape index (κ3) is 4.21. The summed E-state index contributed by atoms with van der Waals surface area (Å²) in [6, 6.07) is 65.0. The van der Waals surface area contributed by atoms with Crippen molar-refractivity contribution in [1.29, 1.82) is 10.5 Å². The van der Waals surface area contributed by atoms with Crippen LogP contribution in [0.2, 0.25) is 0 Å². The number of hydrogen-bond acceptors (Lipinski definition) is 2. The van der Waals surface area contributed by atoms with Crippen LogP contribution in [0.3, 0.4) is 0 Å². The Morgan fingerprint density at radius 1 is 0.357 bits per heavy atom. The molecule has 0 atom stereocenters. The van der Waals surface area contributed by atoms with E-state index in [1.54, 1.807) is 0 Å². The molecule has 256 valence electrons. The number of benzene rings is 9. The summed E-state index contributed by atoms with van der Waals surface area (Å²) in [6.07, 6.45) is 0. The number of fused-ring (bicyclic) bond motifs is 12. The summed E-state index contributed by atoms with van der Waals surface area (Å²) in [6.45, 7) is 0. The minimum absolute atomic E-state index is 0.660. The minimum atomic E-state index is 0.660. The molecule has 0 saturated carbocycles. The van der Waals surface area contributed by atoms with Gasteiger partial charge in [-0.25, -0.2) is 0 Å². The standard InChI is InChI=1S/C52H28N4/c53-29-31-10-14-33(15-11-31)35-18-20-37-26-47-43(24-39(37)22-35)44-28-49-50(42-8-4-5-9-46(42)55(49)41-6-2-1-3-7-41)51-45-25-40-23-36(34-16-12-32(30-54)13-17-34)19-21-38(40)27-48(45)56(47)52(44)51/h1-28H. The van der Waals surface area contributed by atoms with Crippen LogP contribution in [0.5, 0.6) is 0 Å². The summed E-state index contributed by atoms with van der Waals surface area (Å²) in [4.78, 5) is 0. The molecule has 3 aromatic heterocycles. The Hall–Kier alpha value is -7.92. The lowest BCUT2D eigenvalue weighted by Crippen LogP contribution is -1.92. The molecule has 0 N–H and O–H groups in total. The second-order valence-corrected chi connectivity index (χ2v) is 14.8. The molecule has 0 aliphatic heterocycles. The Kier molecular flexibility index (Phi) is 6.16. The van der Waals surface area contributed by atoms with Crippen LogP contribution >= 0.6 is 0 Å². The summed E-state index contributed by atoms with van der Waals surface area (Å²) in [7, 11) is 0. The molecule has 0 unspecified atom stereocenters. The lowest BCUT2D eigenvalue weighted by Gasteiger charge is -2.09. The first-order valence-electron chi connectivity index (χ1n) is 18.8. The monoisotopic (exact) mass is 708 g/mol. The number of hydrogen-bond donors (Lipinski definition) is 0. The number of aromatic nitrogens is 2. The van der Waals surface area contributed by atoms with Gasteiger partial charge < -0.3 is 8.97 Å². The fourth-order valence-corrected chi connectivity index (χ4v) is 9.23. The summed E-state index contributed by atoms with van der Waals surface area (Å²) in [5, 5.41) is 30.9. The molecule has 3 heterocycles. The van der Waals surface area contributed by atoms with Gasteiger partial charge in [0.2, 0.25) is 0 Å². The third-order valence-electron chi connectivity index (χ3n) is 11.8. The summed E-state index contributed by atoms with van der Waals surface area (Å²) < 4.78 is 4.93. The van der Waals surface area contributed by atoms with Crippen molar-refractivity contribution in [1.82, 2.24) is 8.97 Å². The van der Waals surface area contributed by atoms with Gasteiger partial charge in [0.15, 0.2) is 0 Å². The van der Waals surface area contributed by atoms with Gasteiger partial charge in [-0.1, -0.05) is 84.9 Å². The van der Waals surface area contributed by atoms with Gasteiger partial charge in [-0.05, 0) is 129 Å². The smallest absolute Gasteiger partial charge is 0.0991 e. The van der Waals surface area contributed by atoms with E-state index in [9.17, 15) is 10.5 Å². The van der Waals surface area contributed by atoms with E-state index in [0.717, 1.165) is 27.9 Å². The number of para-hydroxylation sites is 2. The van der Waals surface area contributed by atoms with E-state index in [-0.39, 0.29) is 0 Å². The zero-order valence-electron chi connectivity index (χ0n) is 30.0. The largest absolute Gasteiger partial charge is 0.309 e. The van der Waals surface area contributed by atoms with Crippen LogP contribution < -0.4 is 0 Å². The van der Waals surface area contributed by atoms with Crippen LogP contribution in [0, 0.1) is 22.7 Å². The van der Waals surface area contributed by atoms with Crippen molar-refractivity contribution < 1.29 is 0 Å². The van der Waals surface area contributed by atoms with E-state index in [1.807, 2.05) is 48.5 Å². The molecule has 0 aliphatic carbocycles. The molecule has 12 aromatic rings. The average Bonchev–Trinajstić information content (AvgIpc) is 3.88. The van der Waals surface area contributed by atoms with Gasteiger partial charge in [0.25, 0.3) is 0 Å². The molecule has 0 bridgehead atoms. The highest BCUT2D eigenvalue weighted by molar-refractivity contribution is 6.37. The second kappa shape index (κ2) is 11.3. The Balaban J connectivity index is 1.22. The molecule has 12 rings (SSSR count). The lowest BCUT2D eigenvalue weighted by atomic mass is 9.96. The SMILES string of the molecule is N#Cc1ccc(-c2ccc3cc4c(cc3c2)c2cc3c(c5ccccc5n3-c3ccccc3)c3c5cc6cc(-c7ccc(C#N)cc7)ccc6cc5n4c23)cc1. The molecule has 4 heteroatoms. The molecule has 56 heavy (non-hydrogen) atoms. The fourth-order valence-electron chi connectivity index (χ4n) is 9.23. The Morgan fingerprint density at radius 2 is 0.911 bits per heavy atom. The summed E-state index contributed by atoms with van der Waals surface area (Å²) in [5.41, 5.74) is 12.9. The maximum Gasteiger partial charge on any atom is 0.0991 e. The van der Waals surface area contributed by atoms with Crippen LogP contribution in [0.1, 0.15) is 11.1 Å². The zero-order chi connectivity index (χ0) is 37.1. The molecule has 0 fully saturated rings. The Morgan fingerprint density at radius 3 is 1.54 bits per heavy atom. The normalized spacial score (nSPS) is 11.9. The van der Waals surface area contributed by atoms with E-state index < -0.39 is 0 Å². The van der Waals surface area contributed by atoms with Crippen molar-refractivity contribution in [2.24, 2.45) is 0 Å². The van der Waals surface area contributed by atoms with Crippen LogP contribution in [0.25, 0.3) is 109 Å². The van der Waals surface area contributed by atoms with E-state index in [1.165, 1.54) is 81.4 Å². The van der Waals surface area contributed by atoms with Crippen LogP contribution in [0.4, 0.5) is 0 Å². The zero-order valence-corrected chi connectivity index (χ0v) is 30.0. The highest BCUT2D eigenvalue weighted by atomic mass is 15.0. The summed E-state index contributed by atoms with van der Waals surface area (Å²) in [5.74, 6) is 0. The van der Waals surface area contributed by atoms with Gasteiger partial charge in [-0.2, -0.15) is 10.5 Å². The van der Waals surface area contributed by atoms with Crippen molar-refractivity contribution in [2.45, 2.75) is 0 Å². The first kappa shape index (κ1) is 30.5. The highest BCUT2D eigenvalue weighted by Crippen LogP contribution is 2.48. The second-order valence-electron chi connectivity index (χ2n) is 14.8. The highest BCUT2D eigenvalue weighted by Gasteiger charge is 2.25. The van der Waals surface area contributed by atoms with Crippen LogP contribution in [-0.4, -0.2) is 8.97 Å². The van der Waals surface area contributed by atoms with Crippen LogP contribution in [0.15, 0.2) is 170 Å². The van der Waals surface area contributed by atoms with Gasteiger partial charge >= 0.3 is 0 Å². The van der Waals surface area contributed by atoms with Gasteiger partial charge in [-0.15, -0.1) is 0 Å². The summed E-state index contributed by atoms with van der Waals surface area (Å²) >= 11 is 0. The number of nitrogens with zero attached hydrogens (tertiary/aromatic N) is 4. The van der Waals surface area contributed by atoms with Gasteiger partial charge in [-0.3, -0.25) is 0 Å². The fraction of sp³-hybridized carbons (Fsp3) is 0. The molecule has 0 saturated heterocycles. The topological polar surface area (TPSA) is 56.9 Å². The van der Waals surface area contributed by atoms with Crippen molar-refractivity contribution in [3.8, 4) is 40.1 Å².